The molecule has 2 aromatic heterocycles. The lowest BCUT2D eigenvalue weighted by Crippen LogP contribution is -2.41. The third-order valence-electron chi connectivity index (χ3n) is 6.25. The predicted molar refractivity (Wildman–Crippen MR) is 127 cm³/mol. The van der Waals surface area contributed by atoms with Crippen LogP contribution in [0, 0.1) is 0 Å². The quantitative estimate of drug-likeness (QED) is 0.396. The molecule has 0 aliphatic heterocycles. The molecule has 9 heteroatoms. The second kappa shape index (κ2) is 9.37. The number of carbonyl (C=O) groups excluding carboxylic acids is 2. The summed E-state index contributed by atoms with van der Waals surface area (Å²) in [5.74, 6) is -0.312. The zero-order chi connectivity index (χ0) is 23.8. The molecule has 1 fully saturated rings. The maximum atomic E-state index is 12.6. The molecule has 33 heavy (non-hydrogen) atoms. The Hall–Kier alpha value is -2.55. The SMILES string of the molecule is COC(=O)c1cn(C2CCC(NC(=O)OC(C)(C)C)CC2)c2c1CCc1cnc(SC)nc1-2. The van der Waals surface area contributed by atoms with E-state index in [4.69, 9.17) is 14.5 Å². The number of alkyl carbamates (subject to hydrolysis) is 1. The van der Waals surface area contributed by atoms with Crippen molar-refractivity contribution >= 4 is 23.8 Å². The van der Waals surface area contributed by atoms with Crippen molar-refractivity contribution in [3.8, 4) is 11.4 Å². The Balaban J connectivity index is 1.60. The van der Waals surface area contributed by atoms with Gasteiger partial charge in [0.2, 0.25) is 0 Å². The summed E-state index contributed by atoms with van der Waals surface area (Å²) in [5.41, 5.74) is 4.15. The zero-order valence-corrected chi connectivity index (χ0v) is 20.8. The second-order valence-electron chi connectivity index (χ2n) is 9.65. The fourth-order valence-electron chi connectivity index (χ4n) is 4.77. The number of hydrogen-bond acceptors (Lipinski definition) is 7. The Morgan fingerprint density at radius 1 is 1.18 bits per heavy atom. The van der Waals surface area contributed by atoms with Crippen molar-refractivity contribution in [2.75, 3.05) is 13.4 Å². The van der Waals surface area contributed by atoms with E-state index >= 15 is 0 Å². The van der Waals surface area contributed by atoms with Crippen LogP contribution in [-0.4, -0.2) is 51.6 Å². The first-order chi connectivity index (χ1) is 15.7. The van der Waals surface area contributed by atoms with Crippen molar-refractivity contribution in [2.24, 2.45) is 0 Å². The lowest BCUT2D eigenvalue weighted by atomic mass is 9.89. The standard InChI is InChI=1S/C24H32N4O4S/c1-24(2,3)32-23(30)26-15-7-9-16(10-8-15)28-13-18(21(29)31-4)17-11-6-14-12-25-22(33-5)27-19(14)20(17)28/h12-13,15-16H,6-11H2,1-5H3,(H,26,30). The van der Waals surface area contributed by atoms with Crippen molar-refractivity contribution in [1.29, 1.82) is 0 Å². The van der Waals surface area contributed by atoms with Gasteiger partial charge in [0, 0.05) is 24.5 Å². The van der Waals surface area contributed by atoms with Crippen LogP contribution in [0.5, 0.6) is 0 Å². The van der Waals surface area contributed by atoms with Gasteiger partial charge < -0.3 is 19.4 Å². The van der Waals surface area contributed by atoms with E-state index < -0.39 is 5.60 Å². The number of ether oxygens (including phenoxy) is 2. The number of amides is 1. The van der Waals surface area contributed by atoms with Crippen LogP contribution in [0.4, 0.5) is 4.79 Å². The number of aromatic nitrogens is 3. The summed E-state index contributed by atoms with van der Waals surface area (Å²) in [6.45, 7) is 5.59. The highest BCUT2D eigenvalue weighted by Gasteiger charge is 2.33. The molecule has 0 bridgehead atoms. The number of hydrogen-bond donors (Lipinski definition) is 1. The molecule has 4 rings (SSSR count). The first-order valence-corrected chi connectivity index (χ1v) is 12.6. The van der Waals surface area contributed by atoms with Crippen molar-refractivity contribution in [3.05, 3.63) is 29.1 Å². The Kier molecular flexibility index (Phi) is 6.70. The van der Waals surface area contributed by atoms with E-state index in [2.05, 4.69) is 14.9 Å². The maximum absolute atomic E-state index is 12.6. The zero-order valence-electron chi connectivity index (χ0n) is 19.9. The normalized spacial score (nSPS) is 19.9. The number of rotatable bonds is 4. The maximum Gasteiger partial charge on any atom is 0.407 e. The molecule has 8 nitrogen and oxygen atoms in total. The van der Waals surface area contributed by atoms with Gasteiger partial charge in [0.05, 0.1) is 24.1 Å². The van der Waals surface area contributed by atoms with E-state index in [1.807, 2.05) is 39.4 Å². The summed E-state index contributed by atoms with van der Waals surface area (Å²) in [5, 5.41) is 3.73. The summed E-state index contributed by atoms with van der Waals surface area (Å²) >= 11 is 1.51. The highest BCUT2D eigenvalue weighted by Crippen LogP contribution is 2.41. The molecule has 1 saturated carbocycles. The minimum absolute atomic E-state index is 0.0836. The molecule has 0 spiro atoms. The van der Waals surface area contributed by atoms with Crippen molar-refractivity contribution in [1.82, 2.24) is 19.9 Å². The van der Waals surface area contributed by atoms with E-state index in [0.29, 0.717) is 5.56 Å². The molecular weight excluding hydrogens is 440 g/mol. The van der Waals surface area contributed by atoms with E-state index in [-0.39, 0.29) is 24.1 Å². The van der Waals surface area contributed by atoms with Crippen molar-refractivity contribution in [2.45, 2.75) is 82.1 Å². The molecule has 2 aromatic rings. The lowest BCUT2D eigenvalue weighted by molar-refractivity contribution is 0.0486. The predicted octanol–water partition coefficient (Wildman–Crippen LogP) is 4.56. The van der Waals surface area contributed by atoms with Gasteiger partial charge in [0.1, 0.15) is 5.60 Å². The van der Waals surface area contributed by atoms with E-state index in [1.165, 1.54) is 18.9 Å². The topological polar surface area (TPSA) is 95.3 Å². The van der Waals surface area contributed by atoms with Crippen LogP contribution in [0.3, 0.4) is 0 Å². The molecule has 0 saturated heterocycles. The second-order valence-corrected chi connectivity index (χ2v) is 10.4. The summed E-state index contributed by atoms with van der Waals surface area (Å²) in [6, 6.07) is 0.299. The average Bonchev–Trinajstić information content (AvgIpc) is 3.17. The van der Waals surface area contributed by atoms with Gasteiger partial charge in [-0.1, -0.05) is 11.8 Å². The fourth-order valence-corrected chi connectivity index (χ4v) is 5.11. The first kappa shape index (κ1) is 23.6. The minimum atomic E-state index is -0.513. The number of thioether (sulfide) groups is 1. The number of aryl methyl sites for hydroxylation is 1. The molecule has 2 aliphatic rings. The van der Waals surface area contributed by atoms with Crippen LogP contribution >= 0.6 is 11.8 Å². The van der Waals surface area contributed by atoms with Crippen molar-refractivity contribution < 1.29 is 19.1 Å². The van der Waals surface area contributed by atoms with Gasteiger partial charge >= 0.3 is 12.1 Å². The molecule has 2 heterocycles. The van der Waals surface area contributed by atoms with Crippen LogP contribution in [0.15, 0.2) is 17.6 Å². The van der Waals surface area contributed by atoms with Crippen LogP contribution in [0.2, 0.25) is 0 Å². The van der Waals surface area contributed by atoms with Gasteiger partial charge in [-0.05, 0) is 76.7 Å². The Morgan fingerprint density at radius 2 is 1.91 bits per heavy atom. The smallest absolute Gasteiger partial charge is 0.407 e. The number of nitrogens with zero attached hydrogens (tertiary/aromatic N) is 3. The Labute approximate surface area is 198 Å². The van der Waals surface area contributed by atoms with Crippen LogP contribution in [-0.2, 0) is 22.3 Å². The minimum Gasteiger partial charge on any atom is -0.465 e. The third-order valence-corrected chi connectivity index (χ3v) is 6.81. The van der Waals surface area contributed by atoms with E-state index in [0.717, 1.165) is 66.2 Å². The summed E-state index contributed by atoms with van der Waals surface area (Å²) in [6.07, 6.45) is 10.5. The number of carbonyl (C=O) groups is 2. The van der Waals surface area contributed by atoms with E-state index in [9.17, 15) is 9.59 Å². The molecule has 1 N–H and O–H groups in total. The molecule has 0 atom stereocenters. The van der Waals surface area contributed by atoms with Gasteiger partial charge in [-0.2, -0.15) is 0 Å². The summed E-state index contributed by atoms with van der Waals surface area (Å²) in [7, 11) is 1.42. The summed E-state index contributed by atoms with van der Waals surface area (Å²) < 4.78 is 12.7. The summed E-state index contributed by atoms with van der Waals surface area (Å²) in [4.78, 5) is 34.0. The molecule has 0 unspecified atom stereocenters. The number of esters is 1. The van der Waals surface area contributed by atoms with Crippen LogP contribution < -0.4 is 5.32 Å². The molecule has 0 radical (unpaired) electrons. The number of methoxy groups -OCH3 is 1. The van der Waals surface area contributed by atoms with Gasteiger partial charge in [-0.25, -0.2) is 19.6 Å². The third kappa shape index (κ3) is 5.03. The van der Waals surface area contributed by atoms with Crippen LogP contribution in [0.25, 0.3) is 11.4 Å². The van der Waals surface area contributed by atoms with Gasteiger partial charge in [-0.15, -0.1) is 0 Å². The fraction of sp³-hybridized carbons (Fsp3) is 0.583. The Bertz CT molecular complexity index is 1050. The molecule has 2 aliphatic carbocycles. The van der Waals surface area contributed by atoms with Gasteiger partial charge in [0.15, 0.2) is 5.16 Å². The van der Waals surface area contributed by atoms with E-state index in [1.54, 1.807) is 0 Å². The molecule has 178 valence electrons. The largest absolute Gasteiger partial charge is 0.465 e. The highest BCUT2D eigenvalue weighted by molar-refractivity contribution is 7.98. The molecule has 0 aromatic carbocycles. The van der Waals surface area contributed by atoms with Crippen molar-refractivity contribution in [3.63, 3.8) is 0 Å². The van der Waals surface area contributed by atoms with Crippen LogP contribution in [0.1, 0.15) is 74.0 Å². The monoisotopic (exact) mass is 472 g/mol. The van der Waals surface area contributed by atoms with Gasteiger partial charge in [-0.3, -0.25) is 0 Å². The first-order valence-electron chi connectivity index (χ1n) is 11.4. The average molecular weight is 473 g/mol. The highest BCUT2D eigenvalue weighted by atomic mass is 32.2. The molecular formula is C24H32N4O4S. The van der Waals surface area contributed by atoms with Gasteiger partial charge in [0.25, 0.3) is 0 Å². The number of nitrogens with one attached hydrogen (secondary N) is 1. The molecule has 1 amide bonds. The Morgan fingerprint density at radius 3 is 2.55 bits per heavy atom. The number of fused-ring (bicyclic) bond motifs is 3. The lowest BCUT2D eigenvalue weighted by Gasteiger charge is -2.32.